The minimum atomic E-state index is -1.07. The first-order valence-corrected chi connectivity index (χ1v) is 13.9. The molecule has 4 aromatic carbocycles. The van der Waals surface area contributed by atoms with Gasteiger partial charge in [0, 0.05) is 22.4 Å². The quantitative estimate of drug-likeness (QED) is 0.333. The Kier molecular flexibility index (Phi) is 4.29. The van der Waals surface area contributed by atoms with E-state index in [1.807, 2.05) is 30.3 Å². The van der Waals surface area contributed by atoms with E-state index in [2.05, 4.69) is 71.7 Å². The van der Waals surface area contributed by atoms with E-state index in [1.165, 1.54) is 5.56 Å². The van der Waals surface area contributed by atoms with Gasteiger partial charge >= 0.3 is 0 Å². The lowest BCUT2D eigenvalue weighted by molar-refractivity contribution is -0.120. The van der Waals surface area contributed by atoms with Gasteiger partial charge in [-0.1, -0.05) is 78.4 Å². The van der Waals surface area contributed by atoms with Crippen LogP contribution in [0.3, 0.4) is 0 Å². The Morgan fingerprint density at radius 3 is 2.54 bits per heavy atom. The number of thioether (sulfide) groups is 1. The first kappa shape index (κ1) is 21.7. The van der Waals surface area contributed by atoms with Crippen molar-refractivity contribution in [3.63, 3.8) is 0 Å². The zero-order chi connectivity index (χ0) is 24.9. The van der Waals surface area contributed by atoms with Gasteiger partial charge in [-0.3, -0.25) is 14.5 Å². The summed E-state index contributed by atoms with van der Waals surface area (Å²) in [5.41, 5.74) is 3.82. The smallest absolute Gasteiger partial charge is 0.244 e. The molecule has 0 aromatic heterocycles. The first-order chi connectivity index (χ1) is 18.1. The lowest BCUT2D eigenvalue weighted by Crippen LogP contribution is -2.64. The maximum atomic E-state index is 15.0. The average molecular weight is 503 g/mol. The predicted molar refractivity (Wildman–Crippen MR) is 147 cm³/mol. The third-order valence-corrected chi connectivity index (χ3v) is 10.8. The van der Waals surface area contributed by atoms with Crippen molar-refractivity contribution >= 4 is 39.9 Å². The topological polar surface area (TPSA) is 49.4 Å². The van der Waals surface area contributed by atoms with Crippen LogP contribution in [0.5, 0.6) is 0 Å². The number of Topliss-reactive ketones (excluding diaryl/α,β-unsaturated/α-hetero) is 1. The van der Waals surface area contributed by atoms with Gasteiger partial charge in [0.25, 0.3) is 0 Å². The summed E-state index contributed by atoms with van der Waals surface area (Å²) in [4.78, 5) is 33.1. The molecule has 3 heterocycles. The summed E-state index contributed by atoms with van der Waals surface area (Å²) >= 11 is 1.62. The Labute approximate surface area is 220 Å². The highest BCUT2D eigenvalue weighted by molar-refractivity contribution is 8.02. The van der Waals surface area contributed by atoms with Gasteiger partial charge in [0.15, 0.2) is 5.78 Å². The molecule has 1 unspecified atom stereocenters. The molecule has 4 atom stereocenters. The van der Waals surface area contributed by atoms with Crippen LogP contribution in [0.1, 0.15) is 45.8 Å². The molecule has 3 aliphatic heterocycles. The van der Waals surface area contributed by atoms with E-state index in [1.54, 1.807) is 11.8 Å². The second kappa shape index (κ2) is 7.33. The lowest BCUT2D eigenvalue weighted by atomic mass is 9.69. The number of nitrogens with one attached hydrogen (secondary N) is 1. The second-order valence-corrected chi connectivity index (χ2v) is 12.1. The molecule has 0 saturated carbocycles. The number of rotatable bonds is 1. The van der Waals surface area contributed by atoms with E-state index in [0.717, 1.165) is 57.4 Å². The summed E-state index contributed by atoms with van der Waals surface area (Å²) in [5, 5.41) is 5.36. The molecule has 1 amide bonds. The number of nitrogens with zero attached hydrogens (tertiary/aromatic N) is 1. The number of benzene rings is 4. The molecule has 5 heteroatoms. The molecule has 2 saturated heterocycles. The van der Waals surface area contributed by atoms with Crippen LogP contribution in [0.25, 0.3) is 10.8 Å². The SMILES string of the molecule is Cc1ccc([C@H]2C3CCCN3[C@]3(C(=O)c4cccc5cccc3c45)[C@@]23Sc2ccccc2NC3=O)cc1. The summed E-state index contributed by atoms with van der Waals surface area (Å²) in [6, 6.07) is 29.0. The number of fused-ring (bicyclic) bond motifs is 5. The van der Waals surface area contributed by atoms with E-state index in [0.29, 0.717) is 0 Å². The number of amides is 1. The number of carbonyl (C=O) groups is 2. The zero-order valence-corrected chi connectivity index (χ0v) is 21.3. The Bertz CT molecular complexity index is 1640. The van der Waals surface area contributed by atoms with Gasteiger partial charge in [0.1, 0.15) is 10.3 Å². The minimum absolute atomic E-state index is 0.0608. The van der Waals surface area contributed by atoms with Crippen LogP contribution >= 0.6 is 11.8 Å². The normalized spacial score (nSPS) is 29.8. The Morgan fingerprint density at radius 1 is 0.919 bits per heavy atom. The molecule has 2 fully saturated rings. The number of aryl methyl sites for hydroxylation is 1. The van der Waals surface area contributed by atoms with Gasteiger partial charge in [-0.2, -0.15) is 0 Å². The first-order valence-electron chi connectivity index (χ1n) is 13.1. The summed E-state index contributed by atoms with van der Waals surface area (Å²) < 4.78 is -1.05. The molecule has 2 spiro atoms. The monoisotopic (exact) mass is 502 g/mol. The molecule has 1 N–H and O–H groups in total. The fourth-order valence-electron chi connectivity index (χ4n) is 7.83. The van der Waals surface area contributed by atoms with Gasteiger partial charge in [0.2, 0.25) is 5.91 Å². The van der Waals surface area contributed by atoms with E-state index < -0.39 is 10.3 Å². The fraction of sp³-hybridized carbons (Fsp3) is 0.250. The van der Waals surface area contributed by atoms with Gasteiger partial charge in [-0.15, -0.1) is 11.8 Å². The summed E-state index contributed by atoms with van der Waals surface area (Å²) in [6.45, 7) is 2.90. The Morgan fingerprint density at radius 2 is 1.70 bits per heavy atom. The average Bonchev–Trinajstić information content (AvgIpc) is 3.55. The van der Waals surface area contributed by atoms with Crippen LogP contribution in [0, 0.1) is 6.92 Å². The highest BCUT2D eigenvalue weighted by atomic mass is 32.2. The molecule has 4 nitrogen and oxygen atoms in total. The molecule has 0 radical (unpaired) electrons. The molecule has 182 valence electrons. The van der Waals surface area contributed by atoms with Gasteiger partial charge < -0.3 is 5.32 Å². The molecule has 1 aliphatic carbocycles. The number of anilines is 1. The molecular weight excluding hydrogens is 476 g/mol. The molecule has 0 bridgehead atoms. The molecule has 8 rings (SSSR count). The number of carbonyl (C=O) groups excluding carboxylic acids is 2. The van der Waals surface area contributed by atoms with Crippen LogP contribution in [0.2, 0.25) is 0 Å². The second-order valence-electron chi connectivity index (χ2n) is 10.8. The van der Waals surface area contributed by atoms with Crippen molar-refractivity contribution < 1.29 is 9.59 Å². The molecule has 37 heavy (non-hydrogen) atoms. The largest absolute Gasteiger partial charge is 0.324 e. The van der Waals surface area contributed by atoms with Crippen LogP contribution in [-0.2, 0) is 10.3 Å². The van der Waals surface area contributed by atoms with Gasteiger partial charge in [-0.25, -0.2) is 0 Å². The van der Waals surface area contributed by atoms with Crippen molar-refractivity contribution in [1.29, 1.82) is 0 Å². The van der Waals surface area contributed by atoms with Crippen LogP contribution in [0.15, 0.2) is 89.8 Å². The van der Waals surface area contributed by atoms with Crippen molar-refractivity contribution in [3.8, 4) is 0 Å². The summed E-state index contributed by atoms with van der Waals surface area (Å²) in [5.74, 6) is -0.125. The molecule has 4 aromatic rings. The van der Waals surface area contributed by atoms with Crippen molar-refractivity contribution in [2.75, 3.05) is 11.9 Å². The summed E-state index contributed by atoms with van der Waals surface area (Å²) in [7, 11) is 0. The maximum Gasteiger partial charge on any atom is 0.244 e. The van der Waals surface area contributed by atoms with E-state index in [-0.39, 0.29) is 23.7 Å². The van der Waals surface area contributed by atoms with Crippen molar-refractivity contribution in [3.05, 3.63) is 107 Å². The minimum Gasteiger partial charge on any atom is -0.324 e. The zero-order valence-electron chi connectivity index (χ0n) is 20.5. The van der Waals surface area contributed by atoms with Gasteiger partial charge in [-0.05, 0) is 60.3 Å². The Hall–Kier alpha value is -3.41. The third kappa shape index (κ3) is 2.45. The van der Waals surface area contributed by atoms with E-state index >= 15 is 0 Å². The molecular formula is C32H26N2O2S. The van der Waals surface area contributed by atoms with Crippen molar-refractivity contribution in [2.24, 2.45) is 0 Å². The number of hydrogen-bond acceptors (Lipinski definition) is 4. The standard InChI is InChI=1S/C32H26N2O2S/c1-19-14-16-21(17-15-19)28-25-12-6-18-34(25)31(32(28)30(36)33-24-11-2-3-13-26(24)37-32)23-10-5-8-20-7-4-9-22(27(20)23)29(31)35/h2-5,7-11,13-17,25,28H,6,12,18H2,1H3,(H,33,36)/t25?,28-,31+,32+/m0/s1. The highest BCUT2D eigenvalue weighted by Crippen LogP contribution is 2.70. The van der Waals surface area contributed by atoms with E-state index in [4.69, 9.17) is 0 Å². The van der Waals surface area contributed by atoms with Crippen LogP contribution in [0.4, 0.5) is 5.69 Å². The highest BCUT2D eigenvalue weighted by Gasteiger charge is 2.78. The number of hydrogen-bond donors (Lipinski definition) is 1. The fourth-order valence-corrected chi connectivity index (χ4v) is 9.59. The van der Waals surface area contributed by atoms with E-state index in [9.17, 15) is 9.59 Å². The predicted octanol–water partition coefficient (Wildman–Crippen LogP) is 6.28. The van der Waals surface area contributed by atoms with Crippen LogP contribution < -0.4 is 5.32 Å². The van der Waals surface area contributed by atoms with Crippen molar-refractivity contribution in [1.82, 2.24) is 4.90 Å². The van der Waals surface area contributed by atoms with Crippen molar-refractivity contribution in [2.45, 2.75) is 46.9 Å². The van der Waals surface area contributed by atoms with Gasteiger partial charge in [0.05, 0.1) is 5.69 Å². The third-order valence-electron chi connectivity index (χ3n) is 9.14. The number of para-hydroxylation sites is 1. The molecule has 4 aliphatic rings. The summed E-state index contributed by atoms with van der Waals surface area (Å²) in [6.07, 6.45) is 1.99. The Balaban J connectivity index is 1.50. The lowest BCUT2D eigenvalue weighted by Gasteiger charge is -2.48. The maximum absolute atomic E-state index is 15.0. The number of ketones is 1. The van der Waals surface area contributed by atoms with Crippen LogP contribution in [-0.4, -0.2) is 33.9 Å².